The van der Waals surface area contributed by atoms with Crippen LogP contribution in [0.15, 0.2) is 36.4 Å². The van der Waals surface area contributed by atoms with Crippen molar-refractivity contribution >= 4 is 46.4 Å². The summed E-state index contributed by atoms with van der Waals surface area (Å²) in [4.78, 5) is 0. The van der Waals surface area contributed by atoms with Crippen molar-refractivity contribution in [1.29, 1.82) is 0 Å². The molecule has 0 bridgehead atoms. The van der Waals surface area contributed by atoms with E-state index < -0.39 is 0 Å². The van der Waals surface area contributed by atoms with Gasteiger partial charge in [-0.05, 0) is 37.1 Å². The molecule has 2 aromatic carbocycles. The van der Waals surface area contributed by atoms with Gasteiger partial charge in [-0.15, -0.1) is 0 Å². The lowest BCUT2D eigenvalue weighted by molar-refractivity contribution is 0.620. The summed E-state index contributed by atoms with van der Waals surface area (Å²) in [6.45, 7) is 4.17. The largest absolute Gasteiger partial charge is 0.294 e. The van der Waals surface area contributed by atoms with E-state index in [1.165, 1.54) is 0 Å². The third-order valence-corrected chi connectivity index (χ3v) is 6.06. The smallest absolute Gasteiger partial charge is 0.0653 e. The van der Waals surface area contributed by atoms with E-state index in [9.17, 15) is 0 Å². The fraction of sp³-hybridized carbons (Fsp3) is 0.250. The molecule has 1 aliphatic rings. The monoisotopic (exact) mass is 359 g/mol. The van der Waals surface area contributed by atoms with Crippen LogP contribution in [0.5, 0.6) is 0 Å². The highest BCUT2D eigenvalue weighted by Gasteiger charge is 2.63. The Morgan fingerprint density at radius 3 is 1.48 bits per heavy atom. The molecule has 1 fully saturated rings. The fourth-order valence-corrected chi connectivity index (χ4v) is 3.90. The zero-order valence-electron chi connectivity index (χ0n) is 11.5. The zero-order chi connectivity index (χ0) is 15.4. The highest BCUT2D eigenvalue weighted by atomic mass is 35.5. The van der Waals surface area contributed by atoms with Crippen LogP contribution >= 0.6 is 46.4 Å². The summed E-state index contributed by atoms with van der Waals surface area (Å²) in [5, 5.41) is 5.73. The van der Waals surface area contributed by atoms with Gasteiger partial charge >= 0.3 is 0 Å². The predicted octanol–water partition coefficient (Wildman–Crippen LogP) is 6.03. The van der Waals surface area contributed by atoms with Gasteiger partial charge < -0.3 is 0 Å². The minimum absolute atomic E-state index is 0.344. The van der Waals surface area contributed by atoms with Gasteiger partial charge in [-0.2, -0.15) is 0 Å². The number of halogens is 4. The first-order valence-electron chi connectivity index (χ1n) is 6.49. The summed E-state index contributed by atoms with van der Waals surface area (Å²) in [5.74, 6) is 0. The van der Waals surface area contributed by atoms with E-state index >= 15 is 0 Å². The molecular weight excluding hydrogens is 348 g/mol. The van der Waals surface area contributed by atoms with Crippen LogP contribution < -0.4 is 5.32 Å². The average Bonchev–Trinajstić information content (AvgIpc) is 3.00. The van der Waals surface area contributed by atoms with E-state index in [-0.39, 0.29) is 11.1 Å². The number of benzene rings is 2. The lowest BCUT2D eigenvalue weighted by Crippen LogP contribution is -2.17. The molecule has 1 nitrogen and oxygen atoms in total. The molecule has 0 radical (unpaired) electrons. The molecule has 3 rings (SSSR count). The van der Waals surface area contributed by atoms with Gasteiger partial charge in [0.15, 0.2) is 0 Å². The van der Waals surface area contributed by atoms with Crippen LogP contribution in [-0.2, 0) is 11.1 Å². The Bertz CT molecular complexity index is 669. The van der Waals surface area contributed by atoms with Gasteiger partial charge in [0, 0.05) is 0 Å². The normalized spacial score (nSPS) is 27.7. The van der Waals surface area contributed by atoms with Crippen molar-refractivity contribution < 1.29 is 0 Å². The molecular formula is C16H13Cl4N. The second kappa shape index (κ2) is 5.04. The van der Waals surface area contributed by atoms with Crippen LogP contribution in [0.25, 0.3) is 0 Å². The molecule has 21 heavy (non-hydrogen) atoms. The minimum atomic E-state index is -0.344. The average molecular weight is 361 g/mol. The van der Waals surface area contributed by atoms with E-state index in [1.54, 1.807) is 12.1 Å². The van der Waals surface area contributed by atoms with E-state index in [4.69, 9.17) is 46.4 Å². The van der Waals surface area contributed by atoms with E-state index in [1.807, 2.05) is 24.3 Å². The van der Waals surface area contributed by atoms with Gasteiger partial charge in [-0.3, -0.25) is 5.32 Å². The second-order valence-electron chi connectivity index (χ2n) is 5.58. The maximum Gasteiger partial charge on any atom is 0.0653 e. The number of hydrogen-bond acceptors (Lipinski definition) is 1. The molecule has 1 N–H and O–H groups in total. The van der Waals surface area contributed by atoms with Crippen LogP contribution in [0.2, 0.25) is 20.1 Å². The van der Waals surface area contributed by atoms with Crippen molar-refractivity contribution in [2.75, 3.05) is 0 Å². The summed E-state index contributed by atoms with van der Waals surface area (Å²) in [6.07, 6.45) is 0. The van der Waals surface area contributed by atoms with Crippen LogP contribution in [0.3, 0.4) is 0 Å². The third-order valence-electron chi connectivity index (χ3n) is 4.42. The molecule has 2 unspecified atom stereocenters. The summed E-state index contributed by atoms with van der Waals surface area (Å²) in [7, 11) is 0. The maximum absolute atomic E-state index is 6.37. The van der Waals surface area contributed by atoms with Crippen molar-refractivity contribution in [3.05, 3.63) is 67.6 Å². The third kappa shape index (κ3) is 2.18. The molecule has 0 aliphatic carbocycles. The van der Waals surface area contributed by atoms with Crippen molar-refractivity contribution in [3.63, 3.8) is 0 Å². The van der Waals surface area contributed by atoms with E-state index in [0.717, 1.165) is 11.1 Å². The lowest BCUT2D eigenvalue weighted by Gasteiger charge is -2.19. The number of hydrogen-bond donors (Lipinski definition) is 1. The zero-order valence-corrected chi connectivity index (χ0v) is 14.5. The summed E-state index contributed by atoms with van der Waals surface area (Å²) >= 11 is 25.0. The van der Waals surface area contributed by atoms with Gasteiger partial charge in [0.25, 0.3) is 0 Å². The topological polar surface area (TPSA) is 21.9 Å². The van der Waals surface area contributed by atoms with E-state index in [2.05, 4.69) is 19.2 Å². The van der Waals surface area contributed by atoms with Gasteiger partial charge in [-0.25, -0.2) is 0 Å². The summed E-state index contributed by atoms with van der Waals surface area (Å²) in [5.41, 5.74) is 1.22. The molecule has 1 aliphatic heterocycles. The van der Waals surface area contributed by atoms with Crippen molar-refractivity contribution in [3.8, 4) is 0 Å². The molecule has 1 heterocycles. The maximum atomic E-state index is 6.37. The Labute approximate surface area is 144 Å². The quantitative estimate of drug-likeness (QED) is 0.648. The second-order valence-corrected chi connectivity index (χ2v) is 7.15. The molecule has 0 spiro atoms. The molecule has 0 saturated carbocycles. The lowest BCUT2D eigenvalue weighted by atomic mass is 9.84. The van der Waals surface area contributed by atoms with Crippen molar-refractivity contribution in [1.82, 2.24) is 5.32 Å². The van der Waals surface area contributed by atoms with E-state index in [0.29, 0.717) is 20.1 Å². The molecule has 5 heteroatoms. The summed E-state index contributed by atoms with van der Waals surface area (Å²) < 4.78 is 0. The van der Waals surface area contributed by atoms with Crippen LogP contribution in [0, 0.1) is 0 Å². The Morgan fingerprint density at radius 2 is 1.10 bits per heavy atom. The first kappa shape index (κ1) is 15.5. The first-order chi connectivity index (χ1) is 9.81. The standard InChI is InChI=1S/C16H13Cl4N/c1-15(9-5-3-7-11(17)13(9)19)16(2,21-15)10-6-4-8-12(18)14(10)20/h3-8,21H,1-2H3. The Morgan fingerprint density at radius 1 is 0.714 bits per heavy atom. The van der Waals surface area contributed by atoms with Crippen molar-refractivity contribution in [2.24, 2.45) is 0 Å². The van der Waals surface area contributed by atoms with Gasteiger partial charge in [0.2, 0.25) is 0 Å². The Balaban J connectivity index is 2.11. The fourth-order valence-electron chi connectivity index (χ4n) is 2.92. The van der Waals surface area contributed by atoms with Crippen LogP contribution in [-0.4, -0.2) is 0 Å². The molecule has 0 amide bonds. The molecule has 1 saturated heterocycles. The Kier molecular flexibility index (Phi) is 3.71. The van der Waals surface area contributed by atoms with Gasteiger partial charge in [0.05, 0.1) is 31.2 Å². The van der Waals surface area contributed by atoms with Crippen molar-refractivity contribution in [2.45, 2.75) is 24.9 Å². The highest BCUT2D eigenvalue weighted by Crippen LogP contribution is 2.57. The molecule has 0 aromatic heterocycles. The first-order valence-corrected chi connectivity index (χ1v) is 8.01. The SMILES string of the molecule is CC1(c2cccc(Cl)c2Cl)NC1(C)c1cccc(Cl)c1Cl. The number of rotatable bonds is 2. The molecule has 2 aromatic rings. The minimum Gasteiger partial charge on any atom is -0.294 e. The molecule has 2 atom stereocenters. The van der Waals surface area contributed by atoms with Gasteiger partial charge in [-0.1, -0.05) is 70.7 Å². The van der Waals surface area contributed by atoms with Crippen LogP contribution in [0.4, 0.5) is 0 Å². The molecule has 110 valence electrons. The summed E-state index contributed by atoms with van der Waals surface area (Å²) in [6, 6.07) is 11.3. The predicted molar refractivity (Wildman–Crippen MR) is 90.8 cm³/mol. The van der Waals surface area contributed by atoms with Crippen LogP contribution in [0.1, 0.15) is 25.0 Å². The Hall–Kier alpha value is -0.440. The number of nitrogens with one attached hydrogen (secondary N) is 1. The van der Waals surface area contributed by atoms with Gasteiger partial charge in [0.1, 0.15) is 0 Å². The highest BCUT2D eigenvalue weighted by molar-refractivity contribution is 6.43.